The van der Waals surface area contributed by atoms with Crippen LogP contribution < -0.4 is 5.32 Å². The van der Waals surface area contributed by atoms with E-state index in [0.29, 0.717) is 10.8 Å². The fourth-order valence-electron chi connectivity index (χ4n) is 3.31. The first-order valence-corrected chi connectivity index (χ1v) is 6.92. The first kappa shape index (κ1) is 12.4. The molecular weight excluding hydrogens is 196 g/mol. The van der Waals surface area contributed by atoms with E-state index in [0.717, 1.165) is 0 Å². The van der Waals surface area contributed by atoms with Gasteiger partial charge in [-0.1, -0.05) is 20.8 Å². The summed E-state index contributed by atoms with van der Waals surface area (Å²) < 4.78 is 0. The van der Waals surface area contributed by atoms with Crippen molar-refractivity contribution in [2.24, 2.45) is 10.8 Å². The van der Waals surface area contributed by atoms with Gasteiger partial charge in [-0.3, -0.25) is 0 Å². The molecule has 0 amide bonds. The molecule has 2 rings (SSSR count). The van der Waals surface area contributed by atoms with Crippen LogP contribution in [0, 0.1) is 10.8 Å². The van der Waals surface area contributed by atoms with Gasteiger partial charge in [-0.2, -0.15) is 0 Å². The van der Waals surface area contributed by atoms with E-state index < -0.39 is 0 Å². The zero-order chi connectivity index (χ0) is 11.6. The van der Waals surface area contributed by atoms with Gasteiger partial charge >= 0.3 is 0 Å². The van der Waals surface area contributed by atoms with Crippen LogP contribution in [0.5, 0.6) is 0 Å². The van der Waals surface area contributed by atoms with Gasteiger partial charge in [-0.15, -0.1) is 0 Å². The van der Waals surface area contributed by atoms with E-state index in [1.807, 2.05) is 0 Å². The van der Waals surface area contributed by atoms with Crippen LogP contribution in [0.4, 0.5) is 0 Å². The SMILES string of the molecule is CC(C)(C)CN1CCC2(CCCNC2)CC1. The smallest absolute Gasteiger partial charge is 0.00300 e. The van der Waals surface area contributed by atoms with Gasteiger partial charge in [-0.05, 0) is 56.1 Å². The standard InChI is InChI=1S/C14H28N2/c1-13(2,3)12-16-9-6-14(7-10-16)5-4-8-15-11-14/h15H,4-12H2,1-3H3. The number of hydrogen-bond acceptors (Lipinski definition) is 2. The maximum Gasteiger partial charge on any atom is 0.00300 e. The third kappa shape index (κ3) is 3.21. The Morgan fingerprint density at radius 3 is 2.31 bits per heavy atom. The average molecular weight is 224 g/mol. The molecule has 0 atom stereocenters. The number of nitrogens with zero attached hydrogens (tertiary/aromatic N) is 1. The monoisotopic (exact) mass is 224 g/mol. The Hall–Kier alpha value is -0.0800. The molecule has 1 spiro atoms. The summed E-state index contributed by atoms with van der Waals surface area (Å²) in [6.07, 6.45) is 5.68. The Morgan fingerprint density at radius 1 is 1.12 bits per heavy atom. The normalized spacial score (nSPS) is 27.2. The molecule has 0 aromatic heterocycles. The second kappa shape index (κ2) is 4.66. The van der Waals surface area contributed by atoms with Crippen LogP contribution in [-0.4, -0.2) is 37.6 Å². The van der Waals surface area contributed by atoms with Crippen molar-refractivity contribution in [2.75, 3.05) is 32.7 Å². The lowest BCUT2D eigenvalue weighted by Gasteiger charge is -2.45. The highest BCUT2D eigenvalue weighted by Gasteiger charge is 2.36. The molecule has 2 nitrogen and oxygen atoms in total. The average Bonchev–Trinajstić information content (AvgIpc) is 2.22. The van der Waals surface area contributed by atoms with Crippen LogP contribution in [-0.2, 0) is 0 Å². The largest absolute Gasteiger partial charge is 0.316 e. The Bertz CT molecular complexity index is 213. The maximum absolute atomic E-state index is 3.59. The fraction of sp³-hybridized carbons (Fsp3) is 1.00. The van der Waals surface area contributed by atoms with Crippen LogP contribution >= 0.6 is 0 Å². The molecule has 0 aromatic rings. The molecule has 2 heteroatoms. The van der Waals surface area contributed by atoms with Gasteiger partial charge in [0.05, 0.1) is 0 Å². The van der Waals surface area contributed by atoms with E-state index in [1.165, 1.54) is 58.4 Å². The fourth-order valence-corrected chi connectivity index (χ4v) is 3.31. The van der Waals surface area contributed by atoms with Crippen molar-refractivity contribution in [3.8, 4) is 0 Å². The highest BCUT2D eigenvalue weighted by molar-refractivity contribution is 4.90. The van der Waals surface area contributed by atoms with E-state index in [-0.39, 0.29) is 0 Å². The summed E-state index contributed by atoms with van der Waals surface area (Å²) in [7, 11) is 0. The molecule has 0 aliphatic carbocycles. The summed E-state index contributed by atoms with van der Waals surface area (Å²) in [5, 5.41) is 3.59. The second-order valence-electron chi connectivity index (χ2n) is 7.12. The van der Waals surface area contributed by atoms with Gasteiger partial charge in [-0.25, -0.2) is 0 Å². The van der Waals surface area contributed by atoms with E-state index >= 15 is 0 Å². The van der Waals surface area contributed by atoms with Crippen molar-refractivity contribution in [3.05, 3.63) is 0 Å². The Kier molecular flexibility index (Phi) is 3.60. The molecule has 16 heavy (non-hydrogen) atoms. The zero-order valence-corrected chi connectivity index (χ0v) is 11.3. The van der Waals surface area contributed by atoms with Crippen LogP contribution in [0.15, 0.2) is 0 Å². The second-order valence-corrected chi connectivity index (χ2v) is 7.12. The Morgan fingerprint density at radius 2 is 1.81 bits per heavy atom. The first-order chi connectivity index (χ1) is 7.49. The summed E-state index contributed by atoms with van der Waals surface area (Å²) in [5.41, 5.74) is 1.11. The summed E-state index contributed by atoms with van der Waals surface area (Å²) in [6, 6.07) is 0. The molecule has 2 fully saturated rings. The molecule has 0 saturated carbocycles. The van der Waals surface area contributed by atoms with Crippen molar-refractivity contribution >= 4 is 0 Å². The number of hydrogen-bond donors (Lipinski definition) is 1. The molecule has 2 aliphatic rings. The van der Waals surface area contributed by atoms with Gasteiger partial charge in [0.25, 0.3) is 0 Å². The van der Waals surface area contributed by atoms with E-state index in [2.05, 4.69) is 31.0 Å². The number of piperidine rings is 2. The van der Waals surface area contributed by atoms with Crippen LogP contribution in [0.2, 0.25) is 0 Å². The third-order valence-electron chi connectivity index (χ3n) is 4.18. The molecule has 0 radical (unpaired) electrons. The number of rotatable bonds is 1. The predicted molar refractivity (Wildman–Crippen MR) is 69.7 cm³/mol. The van der Waals surface area contributed by atoms with Crippen LogP contribution in [0.3, 0.4) is 0 Å². The first-order valence-electron chi connectivity index (χ1n) is 6.92. The van der Waals surface area contributed by atoms with Crippen molar-refractivity contribution in [3.63, 3.8) is 0 Å². The predicted octanol–water partition coefficient (Wildman–Crippen LogP) is 2.50. The quantitative estimate of drug-likeness (QED) is 0.736. The Labute approximate surface area is 101 Å². The minimum atomic E-state index is 0.454. The van der Waals surface area contributed by atoms with Gasteiger partial charge < -0.3 is 10.2 Å². The molecule has 2 saturated heterocycles. The van der Waals surface area contributed by atoms with Gasteiger partial charge in [0, 0.05) is 13.1 Å². The van der Waals surface area contributed by atoms with Crippen molar-refractivity contribution < 1.29 is 0 Å². The highest BCUT2D eigenvalue weighted by Crippen LogP contribution is 2.37. The van der Waals surface area contributed by atoms with Gasteiger partial charge in [0.2, 0.25) is 0 Å². The van der Waals surface area contributed by atoms with Crippen LogP contribution in [0.25, 0.3) is 0 Å². The molecule has 94 valence electrons. The highest BCUT2D eigenvalue weighted by atomic mass is 15.1. The molecule has 2 heterocycles. The lowest BCUT2D eigenvalue weighted by molar-refractivity contribution is 0.0607. The third-order valence-corrected chi connectivity index (χ3v) is 4.18. The molecular formula is C14H28N2. The summed E-state index contributed by atoms with van der Waals surface area (Å²) in [4.78, 5) is 2.67. The minimum Gasteiger partial charge on any atom is -0.316 e. The van der Waals surface area contributed by atoms with Crippen molar-refractivity contribution in [1.29, 1.82) is 0 Å². The lowest BCUT2D eigenvalue weighted by atomic mass is 9.73. The lowest BCUT2D eigenvalue weighted by Crippen LogP contribution is -2.49. The van der Waals surface area contributed by atoms with Crippen molar-refractivity contribution in [2.45, 2.75) is 46.5 Å². The summed E-state index contributed by atoms with van der Waals surface area (Å²) in [5.74, 6) is 0. The van der Waals surface area contributed by atoms with Crippen LogP contribution in [0.1, 0.15) is 46.5 Å². The van der Waals surface area contributed by atoms with Gasteiger partial charge in [0.15, 0.2) is 0 Å². The topological polar surface area (TPSA) is 15.3 Å². The molecule has 0 aromatic carbocycles. The number of nitrogens with one attached hydrogen (secondary N) is 1. The molecule has 1 N–H and O–H groups in total. The Balaban J connectivity index is 1.82. The summed E-state index contributed by atoms with van der Waals surface area (Å²) in [6.45, 7) is 13.5. The van der Waals surface area contributed by atoms with E-state index in [1.54, 1.807) is 0 Å². The zero-order valence-electron chi connectivity index (χ0n) is 11.3. The van der Waals surface area contributed by atoms with Crippen molar-refractivity contribution in [1.82, 2.24) is 10.2 Å². The van der Waals surface area contributed by atoms with E-state index in [9.17, 15) is 0 Å². The van der Waals surface area contributed by atoms with Gasteiger partial charge in [0.1, 0.15) is 0 Å². The summed E-state index contributed by atoms with van der Waals surface area (Å²) >= 11 is 0. The molecule has 0 bridgehead atoms. The minimum absolute atomic E-state index is 0.454. The van der Waals surface area contributed by atoms with E-state index in [4.69, 9.17) is 0 Å². The number of likely N-dealkylation sites (tertiary alicyclic amines) is 1. The maximum atomic E-state index is 3.59. The molecule has 0 unspecified atom stereocenters. The molecule has 2 aliphatic heterocycles.